The number of pyridine rings is 1. The first kappa shape index (κ1) is 17.0. The Morgan fingerprint density at radius 3 is 2.74 bits per heavy atom. The fourth-order valence-electron chi connectivity index (χ4n) is 2.20. The Bertz CT molecular complexity index is 681. The van der Waals surface area contributed by atoms with Crippen molar-refractivity contribution in [1.82, 2.24) is 19.4 Å². The average molecular weight is 318 g/mol. The van der Waals surface area contributed by atoms with Gasteiger partial charge in [0.15, 0.2) is 0 Å². The minimum atomic E-state index is -0.116. The van der Waals surface area contributed by atoms with Crippen LogP contribution in [0, 0.1) is 0 Å². The van der Waals surface area contributed by atoms with Crippen molar-refractivity contribution in [1.29, 1.82) is 0 Å². The molecule has 2 aromatic heterocycles. The highest BCUT2D eigenvalue weighted by molar-refractivity contribution is 5.86. The van der Waals surface area contributed by atoms with Gasteiger partial charge in [-0.1, -0.05) is 6.07 Å². The molecule has 0 unspecified atom stereocenters. The van der Waals surface area contributed by atoms with Crippen molar-refractivity contribution >= 4 is 17.3 Å². The van der Waals surface area contributed by atoms with Crippen LogP contribution >= 0.6 is 0 Å². The molecule has 0 aliphatic heterocycles. The number of carbonyl (C=O) groups is 2. The molecular formula is C16H22N4O3. The molecule has 0 radical (unpaired) electrons. The summed E-state index contributed by atoms with van der Waals surface area (Å²) in [6, 6.07) is 5.70. The lowest BCUT2D eigenvalue weighted by Crippen LogP contribution is -2.42. The molecule has 2 rings (SSSR count). The van der Waals surface area contributed by atoms with E-state index < -0.39 is 0 Å². The lowest BCUT2D eigenvalue weighted by Gasteiger charge is -2.23. The Morgan fingerprint density at radius 1 is 1.26 bits per heavy atom. The van der Waals surface area contributed by atoms with Gasteiger partial charge in [0.2, 0.25) is 11.8 Å². The van der Waals surface area contributed by atoms with Gasteiger partial charge in [0.25, 0.3) is 0 Å². The highest BCUT2D eigenvalue weighted by Gasteiger charge is 2.19. The number of likely N-dealkylation sites (N-methyl/N-ethyl adjacent to an activating group) is 1. The third kappa shape index (κ3) is 4.29. The van der Waals surface area contributed by atoms with Gasteiger partial charge in [-0.25, -0.2) is 4.52 Å². The number of carbonyl (C=O) groups excluding carboxylic acids is 2. The fourth-order valence-corrected chi connectivity index (χ4v) is 2.20. The van der Waals surface area contributed by atoms with Crippen molar-refractivity contribution in [3.8, 4) is 0 Å². The molecule has 7 heteroatoms. The van der Waals surface area contributed by atoms with Crippen LogP contribution in [0.15, 0.2) is 30.6 Å². The summed E-state index contributed by atoms with van der Waals surface area (Å²) in [5, 5.41) is 4.23. The summed E-state index contributed by atoms with van der Waals surface area (Å²) in [7, 11) is 4.92. The van der Waals surface area contributed by atoms with Gasteiger partial charge in [-0.15, -0.1) is 0 Å². The quantitative estimate of drug-likeness (QED) is 0.743. The number of aromatic nitrogens is 2. The van der Waals surface area contributed by atoms with Gasteiger partial charge >= 0.3 is 0 Å². The zero-order valence-electron chi connectivity index (χ0n) is 13.7. The molecule has 0 fully saturated rings. The molecule has 7 nitrogen and oxygen atoms in total. The first-order chi connectivity index (χ1) is 11.0. The Hall–Kier alpha value is -2.41. The molecule has 0 aliphatic carbocycles. The van der Waals surface area contributed by atoms with E-state index in [1.165, 1.54) is 9.80 Å². The summed E-state index contributed by atoms with van der Waals surface area (Å²) in [6.07, 6.45) is 3.73. The molecule has 23 heavy (non-hydrogen) atoms. The van der Waals surface area contributed by atoms with E-state index in [1.54, 1.807) is 31.9 Å². The molecule has 124 valence electrons. The second-order valence-electron chi connectivity index (χ2n) is 5.47. The largest absolute Gasteiger partial charge is 0.383 e. The second kappa shape index (κ2) is 7.73. The zero-order valence-corrected chi connectivity index (χ0v) is 13.7. The van der Waals surface area contributed by atoms with Crippen molar-refractivity contribution in [2.75, 3.05) is 40.9 Å². The molecule has 0 N–H and O–H groups in total. The molecule has 2 heterocycles. The fraction of sp³-hybridized carbons (Fsp3) is 0.438. The van der Waals surface area contributed by atoms with Gasteiger partial charge in [0, 0.05) is 39.5 Å². The van der Waals surface area contributed by atoms with E-state index in [4.69, 9.17) is 4.74 Å². The van der Waals surface area contributed by atoms with Crippen LogP contribution in [0.25, 0.3) is 5.52 Å². The van der Waals surface area contributed by atoms with Gasteiger partial charge < -0.3 is 14.5 Å². The Morgan fingerprint density at radius 2 is 2.04 bits per heavy atom. The van der Waals surface area contributed by atoms with Crippen LogP contribution in [0.5, 0.6) is 0 Å². The van der Waals surface area contributed by atoms with Crippen LogP contribution < -0.4 is 0 Å². The van der Waals surface area contributed by atoms with Crippen molar-refractivity contribution in [3.05, 3.63) is 36.2 Å². The number of rotatable bonds is 7. The van der Waals surface area contributed by atoms with Crippen LogP contribution in [-0.4, -0.2) is 72.1 Å². The molecule has 0 bridgehead atoms. The van der Waals surface area contributed by atoms with E-state index >= 15 is 0 Å². The first-order valence-corrected chi connectivity index (χ1v) is 7.41. The van der Waals surface area contributed by atoms with Gasteiger partial charge in [-0.05, 0) is 12.1 Å². The third-order valence-electron chi connectivity index (χ3n) is 3.59. The van der Waals surface area contributed by atoms with E-state index in [1.807, 2.05) is 24.4 Å². The maximum atomic E-state index is 12.6. The summed E-state index contributed by atoms with van der Waals surface area (Å²) in [5.41, 5.74) is 1.74. The number of nitrogens with zero attached hydrogens (tertiary/aromatic N) is 4. The van der Waals surface area contributed by atoms with Crippen LogP contribution in [0.1, 0.15) is 5.56 Å². The lowest BCUT2D eigenvalue weighted by atomic mass is 10.2. The molecule has 0 aromatic carbocycles. The monoisotopic (exact) mass is 318 g/mol. The Labute approximate surface area is 135 Å². The molecular weight excluding hydrogens is 296 g/mol. The first-order valence-electron chi connectivity index (χ1n) is 7.41. The summed E-state index contributed by atoms with van der Waals surface area (Å²) in [5.74, 6) is -0.231. The average Bonchev–Trinajstić information content (AvgIpc) is 2.94. The molecule has 0 saturated carbocycles. The predicted molar refractivity (Wildman–Crippen MR) is 86.0 cm³/mol. The van der Waals surface area contributed by atoms with E-state index in [0.29, 0.717) is 13.2 Å². The number of ether oxygens (including phenoxy) is 1. The van der Waals surface area contributed by atoms with Crippen LogP contribution in [0.4, 0.5) is 0 Å². The van der Waals surface area contributed by atoms with Crippen molar-refractivity contribution in [2.45, 2.75) is 6.42 Å². The number of fused-ring (bicyclic) bond motifs is 1. The van der Waals surface area contributed by atoms with Crippen LogP contribution in [0.3, 0.4) is 0 Å². The van der Waals surface area contributed by atoms with E-state index in [-0.39, 0.29) is 24.8 Å². The number of hydrogen-bond donors (Lipinski definition) is 0. The summed E-state index contributed by atoms with van der Waals surface area (Å²) in [4.78, 5) is 27.5. The molecule has 0 spiro atoms. The molecule has 0 aliphatic rings. The minimum absolute atomic E-state index is 0.0500. The molecule has 0 saturated heterocycles. The smallest absolute Gasteiger partial charge is 0.241 e. The lowest BCUT2D eigenvalue weighted by molar-refractivity contribution is -0.139. The van der Waals surface area contributed by atoms with Crippen molar-refractivity contribution < 1.29 is 14.3 Å². The normalized spacial score (nSPS) is 10.7. The van der Waals surface area contributed by atoms with Gasteiger partial charge in [0.1, 0.15) is 0 Å². The highest BCUT2D eigenvalue weighted by atomic mass is 16.5. The molecule has 2 aromatic rings. The third-order valence-corrected chi connectivity index (χ3v) is 3.59. The topological polar surface area (TPSA) is 67.2 Å². The van der Waals surface area contributed by atoms with Crippen molar-refractivity contribution in [2.24, 2.45) is 0 Å². The van der Waals surface area contributed by atoms with Gasteiger partial charge in [0.05, 0.1) is 31.3 Å². The summed E-state index contributed by atoms with van der Waals surface area (Å²) >= 11 is 0. The van der Waals surface area contributed by atoms with E-state index in [0.717, 1.165) is 11.1 Å². The second-order valence-corrected chi connectivity index (χ2v) is 5.47. The van der Waals surface area contributed by atoms with E-state index in [9.17, 15) is 9.59 Å². The van der Waals surface area contributed by atoms with Crippen LogP contribution in [-0.2, 0) is 20.7 Å². The van der Waals surface area contributed by atoms with Gasteiger partial charge in [-0.3, -0.25) is 9.59 Å². The predicted octanol–water partition coefficient (Wildman–Crippen LogP) is 0.440. The van der Waals surface area contributed by atoms with Crippen molar-refractivity contribution in [3.63, 3.8) is 0 Å². The maximum absolute atomic E-state index is 12.6. The van der Waals surface area contributed by atoms with E-state index in [2.05, 4.69) is 5.10 Å². The SMILES string of the molecule is COCCN(CC(=O)N(C)C)C(=O)Cc1cnn2ccccc12. The number of amides is 2. The highest BCUT2D eigenvalue weighted by Crippen LogP contribution is 2.12. The number of methoxy groups -OCH3 is 1. The molecule has 2 amide bonds. The Kier molecular flexibility index (Phi) is 5.70. The maximum Gasteiger partial charge on any atom is 0.241 e. The Balaban J connectivity index is 2.11. The minimum Gasteiger partial charge on any atom is -0.383 e. The summed E-state index contributed by atoms with van der Waals surface area (Å²) < 4.78 is 6.76. The zero-order chi connectivity index (χ0) is 16.8. The number of hydrogen-bond acceptors (Lipinski definition) is 4. The van der Waals surface area contributed by atoms with Gasteiger partial charge in [-0.2, -0.15) is 5.10 Å². The summed E-state index contributed by atoms with van der Waals surface area (Å²) in [6.45, 7) is 0.823. The standard InChI is InChI=1S/C16H22N4O3/c1-18(2)16(22)12-19(8-9-23-3)15(21)10-13-11-17-20-7-5-4-6-14(13)20/h4-7,11H,8-10,12H2,1-3H3. The molecule has 0 atom stereocenters. The van der Waals surface area contributed by atoms with Crippen LogP contribution in [0.2, 0.25) is 0 Å².